The Morgan fingerprint density at radius 3 is 2.79 bits per heavy atom. The summed E-state index contributed by atoms with van der Waals surface area (Å²) >= 11 is 0. The molecule has 0 aliphatic heterocycles. The van der Waals surface area contributed by atoms with Crippen LogP contribution in [0.25, 0.3) is 11.3 Å². The number of carbonyl (C=O) groups is 1. The first-order chi connectivity index (χ1) is 15.9. The fraction of sp³-hybridized carbons (Fsp3) is 0.320. The normalized spacial score (nSPS) is 20.5. The zero-order chi connectivity index (χ0) is 23.5. The van der Waals surface area contributed by atoms with E-state index in [4.69, 9.17) is 5.73 Å². The molecule has 1 saturated carbocycles. The lowest BCUT2D eigenvalue weighted by Gasteiger charge is -2.32. The van der Waals surface area contributed by atoms with Crippen LogP contribution in [0.1, 0.15) is 53.7 Å². The van der Waals surface area contributed by atoms with Gasteiger partial charge in [0.05, 0.1) is 29.2 Å². The van der Waals surface area contributed by atoms with E-state index in [1.54, 1.807) is 25.4 Å². The topological polar surface area (TPSA) is 101 Å². The maximum Gasteiger partial charge on any atom is 0.274 e. The minimum absolute atomic E-state index is 0.0266. The Bertz CT molecular complexity index is 1170. The Kier molecular flexibility index (Phi) is 6.76. The van der Waals surface area contributed by atoms with Gasteiger partial charge in [-0.2, -0.15) is 0 Å². The first kappa shape index (κ1) is 22.9. The summed E-state index contributed by atoms with van der Waals surface area (Å²) in [6.07, 6.45) is 4.99. The number of nitrogens with one attached hydrogen (secondary N) is 1. The van der Waals surface area contributed by atoms with Gasteiger partial charge in [0.25, 0.3) is 5.91 Å². The Morgan fingerprint density at radius 1 is 1.21 bits per heavy atom. The van der Waals surface area contributed by atoms with Gasteiger partial charge in [-0.05, 0) is 67.0 Å². The van der Waals surface area contributed by atoms with Gasteiger partial charge in [0.15, 0.2) is 0 Å². The number of aromatic nitrogens is 2. The molecular weight excluding hydrogens is 426 g/mol. The molecule has 2 heterocycles. The summed E-state index contributed by atoms with van der Waals surface area (Å²) < 4.78 is 29.2. The predicted molar refractivity (Wildman–Crippen MR) is 122 cm³/mol. The van der Waals surface area contributed by atoms with E-state index in [-0.39, 0.29) is 28.9 Å². The average molecular weight is 453 g/mol. The number of anilines is 1. The van der Waals surface area contributed by atoms with Crippen molar-refractivity contribution >= 4 is 11.6 Å². The van der Waals surface area contributed by atoms with Gasteiger partial charge in [-0.3, -0.25) is 9.78 Å². The van der Waals surface area contributed by atoms with Crippen molar-refractivity contribution in [3.63, 3.8) is 0 Å². The number of rotatable bonds is 5. The zero-order valence-electron chi connectivity index (χ0n) is 18.3. The third-order valence-corrected chi connectivity index (χ3v) is 6.19. The molecule has 1 aromatic carbocycles. The molecule has 1 fully saturated rings. The van der Waals surface area contributed by atoms with Crippen molar-refractivity contribution in [3.8, 4) is 11.3 Å². The van der Waals surface area contributed by atoms with Gasteiger partial charge in [-0.15, -0.1) is 0 Å². The minimum Gasteiger partial charge on any atom is -0.392 e. The first-order valence-electron chi connectivity index (χ1n) is 11.0. The highest BCUT2D eigenvalue weighted by atomic mass is 19.1. The lowest BCUT2D eigenvalue weighted by Crippen LogP contribution is -2.39. The number of aliphatic hydroxyl groups is 1. The van der Waals surface area contributed by atoms with Gasteiger partial charge in [0.1, 0.15) is 17.3 Å². The van der Waals surface area contributed by atoms with Crippen LogP contribution in [0.4, 0.5) is 14.5 Å². The second kappa shape index (κ2) is 9.72. The number of pyridine rings is 2. The van der Waals surface area contributed by atoms with E-state index in [0.717, 1.165) is 12.0 Å². The number of benzene rings is 1. The fourth-order valence-electron chi connectivity index (χ4n) is 4.33. The number of aryl methyl sites for hydroxylation is 1. The van der Waals surface area contributed by atoms with E-state index in [9.17, 15) is 18.7 Å². The highest BCUT2D eigenvalue weighted by molar-refractivity contribution is 6.03. The Hall–Kier alpha value is -3.23. The first-order valence-corrected chi connectivity index (χ1v) is 11.0. The molecule has 1 amide bonds. The molecule has 8 heteroatoms. The van der Waals surface area contributed by atoms with Crippen LogP contribution < -0.4 is 11.1 Å². The van der Waals surface area contributed by atoms with Gasteiger partial charge in [-0.1, -0.05) is 19.1 Å². The largest absolute Gasteiger partial charge is 0.392 e. The molecule has 2 aromatic heterocycles. The molecule has 0 saturated heterocycles. The van der Waals surface area contributed by atoms with E-state index in [0.29, 0.717) is 30.5 Å². The quantitative estimate of drug-likeness (QED) is 0.539. The Morgan fingerprint density at radius 2 is 2.03 bits per heavy atom. The number of halogens is 2. The number of nitrogens with zero attached hydrogens (tertiary/aromatic N) is 2. The molecule has 6 nitrogen and oxygen atoms in total. The third kappa shape index (κ3) is 4.77. The van der Waals surface area contributed by atoms with Crippen LogP contribution in [0.5, 0.6) is 0 Å². The number of carbonyl (C=O) groups excluding carboxylic acids is 1. The highest BCUT2D eigenvalue weighted by Crippen LogP contribution is 2.36. The molecule has 3 atom stereocenters. The van der Waals surface area contributed by atoms with Crippen LogP contribution in [-0.2, 0) is 6.42 Å². The van der Waals surface area contributed by atoms with Crippen molar-refractivity contribution in [2.75, 3.05) is 5.32 Å². The van der Waals surface area contributed by atoms with Gasteiger partial charge in [0, 0.05) is 12.2 Å². The Balaban J connectivity index is 1.61. The summed E-state index contributed by atoms with van der Waals surface area (Å²) in [6, 6.07) is 8.62. The molecule has 0 spiro atoms. The van der Waals surface area contributed by atoms with Crippen LogP contribution >= 0.6 is 0 Å². The maximum absolute atomic E-state index is 14.8. The summed E-state index contributed by atoms with van der Waals surface area (Å²) in [5.41, 5.74) is 7.64. The summed E-state index contributed by atoms with van der Waals surface area (Å²) in [4.78, 5) is 21.3. The zero-order valence-corrected chi connectivity index (χ0v) is 18.3. The van der Waals surface area contributed by atoms with Gasteiger partial charge < -0.3 is 16.2 Å². The van der Waals surface area contributed by atoms with E-state index >= 15 is 0 Å². The van der Waals surface area contributed by atoms with Crippen molar-refractivity contribution in [3.05, 3.63) is 77.2 Å². The number of aliphatic hydroxyl groups excluding tert-OH is 1. The molecule has 0 bridgehead atoms. The maximum atomic E-state index is 14.8. The second-order valence-corrected chi connectivity index (χ2v) is 8.32. The van der Waals surface area contributed by atoms with E-state index in [2.05, 4.69) is 15.3 Å². The molecule has 33 heavy (non-hydrogen) atoms. The van der Waals surface area contributed by atoms with Crippen LogP contribution in [0.2, 0.25) is 0 Å². The number of nitrogens with two attached hydrogens (primary N) is 1. The van der Waals surface area contributed by atoms with Crippen LogP contribution in [0.3, 0.4) is 0 Å². The van der Waals surface area contributed by atoms with Crippen LogP contribution in [-0.4, -0.2) is 33.1 Å². The van der Waals surface area contributed by atoms with Gasteiger partial charge in [0.2, 0.25) is 0 Å². The molecule has 1 aliphatic carbocycles. The number of hydrogen-bond donors (Lipinski definition) is 3. The number of hydrogen-bond acceptors (Lipinski definition) is 5. The van der Waals surface area contributed by atoms with E-state index in [1.807, 2.05) is 6.07 Å². The van der Waals surface area contributed by atoms with Crippen LogP contribution in [0, 0.1) is 11.6 Å². The monoisotopic (exact) mass is 452 g/mol. The average Bonchev–Trinajstić information content (AvgIpc) is 2.82. The molecule has 0 radical (unpaired) electrons. The molecular formula is C25H26F2N4O2. The third-order valence-electron chi connectivity index (χ3n) is 6.19. The lowest BCUT2D eigenvalue weighted by atomic mass is 9.80. The molecule has 172 valence electrons. The SMILES string of the molecule is CCc1ccc(F)c(-c2cccc(C(=O)Nc3cnccc3C3CCC(O)C(N)C3)n2)c1F. The lowest BCUT2D eigenvalue weighted by molar-refractivity contribution is 0.0998. The van der Waals surface area contributed by atoms with E-state index < -0.39 is 23.6 Å². The predicted octanol–water partition coefficient (Wildman–Crippen LogP) is 4.19. The molecule has 4 N–H and O–H groups in total. The summed E-state index contributed by atoms with van der Waals surface area (Å²) in [5, 5.41) is 12.8. The number of amides is 1. The second-order valence-electron chi connectivity index (χ2n) is 8.32. The molecule has 3 unspecified atom stereocenters. The van der Waals surface area contributed by atoms with Crippen molar-refractivity contribution in [2.24, 2.45) is 5.73 Å². The van der Waals surface area contributed by atoms with E-state index in [1.165, 1.54) is 24.3 Å². The molecule has 4 rings (SSSR count). The van der Waals surface area contributed by atoms with Crippen molar-refractivity contribution < 1.29 is 18.7 Å². The van der Waals surface area contributed by atoms with Gasteiger partial charge in [-0.25, -0.2) is 13.8 Å². The standard InChI is InChI=1S/C25H26F2N4O2/c1-2-14-6-8-17(26)23(24(14)27)19-4-3-5-20(30-19)25(33)31-21-13-29-11-10-16(21)15-7-9-22(32)18(28)12-15/h3-6,8,10-11,13,15,18,22,32H,2,7,9,12,28H2,1H3,(H,31,33). The van der Waals surface area contributed by atoms with Crippen molar-refractivity contribution in [2.45, 2.75) is 50.7 Å². The van der Waals surface area contributed by atoms with Crippen molar-refractivity contribution in [1.29, 1.82) is 0 Å². The summed E-state index contributed by atoms with van der Waals surface area (Å²) in [6.45, 7) is 1.78. The van der Waals surface area contributed by atoms with Crippen LogP contribution in [0.15, 0.2) is 48.8 Å². The smallest absolute Gasteiger partial charge is 0.274 e. The highest BCUT2D eigenvalue weighted by Gasteiger charge is 2.29. The fourth-order valence-corrected chi connectivity index (χ4v) is 4.33. The van der Waals surface area contributed by atoms with Crippen molar-refractivity contribution in [1.82, 2.24) is 9.97 Å². The van der Waals surface area contributed by atoms with Gasteiger partial charge >= 0.3 is 0 Å². The summed E-state index contributed by atoms with van der Waals surface area (Å²) in [5.74, 6) is -1.85. The minimum atomic E-state index is -0.736. The molecule has 3 aromatic rings. The molecule has 1 aliphatic rings. The summed E-state index contributed by atoms with van der Waals surface area (Å²) in [7, 11) is 0. The Labute approximate surface area is 190 Å².